The van der Waals surface area contributed by atoms with Crippen molar-refractivity contribution >= 4 is 11.8 Å². The first kappa shape index (κ1) is 16.2. The fourth-order valence-corrected chi connectivity index (χ4v) is 2.46. The van der Waals surface area contributed by atoms with Crippen LogP contribution in [0, 0.1) is 5.92 Å². The molecule has 0 atom stereocenters. The van der Waals surface area contributed by atoms with Crippen LogP contribution in [0.5, 0.6) is 0 Å². The second-order valence-electron chi connectivity index (χ2n) is 5.81. The van der Waals surface area contributed by atoms with Crippen LogP contribution in [0.4, 0.5) is 0 Å². The van der Waals surface area contributed by atoms with Gasteiger partial charge in [-0.2, -0.15) is 0 Å². The molecule has 0 radical (unpaired) electrons. The molecule has 2 amide bonds. The summed E-state index contributed by atoms with van der Waals surface area (Å²) in [5.41, 5.74) is 0.751. The third-order valence-corrected chi connectivity index (χ3v) is 3.88. The third kappa shape index (κ3) is 3.93. The predicted molar refractivity (Wildman–Crippen MR) is 81.8 cm³/mol. The molecule has 1 aliphatic rings. The molecule has 0 bridgehead atoms. The quantitative estimate of drug-likeness (QED) is 0.820. The lowest BCUT2D eigenvalue weighted by molar-refractivity contribution is -0.132. The zero-order valence-corrected chi connectivity index (χ0v) is 13.2. The van der Waals surface area contributed by atoms with Gasteiger partial charge >= 0.3 is 0 Å². The minimum absolute atomic E-state index is 0.0183. The first-order chi connectivity index (χ1) is 10.5. The van der Waals surface area contributed by atoms with Crippen molar-refractivity contribution < 1.29 is 9.59 Å². The van der Waals surface area contributed by atoms with E-state index in [0.29, 0.717) is 32.5 Å². The van der Waals surface area contributed by atoms with Gasteiger partial charge in [-0.15, -0.1) is 5.10 Å². The molecule has 1 saturated heterocycles. The van der Waals surface area contributed by atoms with Crippen LogP contribution < -0.4 is 5.32 Å². The summed E-state index contributed by atoms with van der Waals surface area (Å²) in [6, 6.07) is 0.253. The van der Waals surface area contributed by atoms with E-state index in [0.717, 1.165) is 5.69 Å². The number of nitrogens with zero attached hydrogens (tertiary/aromatic N) is 4. The number of likely N-dealkylation sites (tertiary alicyclic amines) is 1. The van der Waals surface area contributed by atoms with Gasteiger partial charge in [-0.3, -0.25) is 9.59 Å². The minimum atomic E-state index is -0.0656. The average molecular weight is 305 g/mol. The maximum absolute atomic E-state index is 12.2. The number of hydrogen-bond donors (Lipinski definition) is 1. The molecule has 1 aromatic heterocycles. The molecule has 0 saturated carbocycles. The zero-order chi connectivity index (χ0) is 16.1. The number of carbonyl (C=O) groups is 2. The van der Waals surface area contributed by atoms with Crippen molar-refractivity contribution in [3.8, 4) is 0 Å². The topological polar surface area (TPSA) is 80.1 Å². The fraction of sp³-hybridized carbons (Fsp3) is 0.600. The van der Waals surface area contributed by atoms with Crippen LogP contribution in [-0.2, 0) is 16.1 Å². The normalized spacial score (nSPS) is 15.9. The largest absolute Gasteiger partial charge is 0.350 e. The first-order valence-electron chi connectivity index (χ1n) is 7.61. The van der Waals surface area contributed by atoms with Gasteiger partial charge in [-0.1, -0.05) is 11.8 Å². The highest BCUT2D eigenvalue weighted by atomic mass is 16.2. The summed E-state index contributed by atoms with van der Waals surface area (Å²) in [5, 5.41) is 10.9. The van der Waals surface area contributed by atoms with E-state index < -0.39 is 0 Å². The van der Waals surface area contributed by atoms with Crippen molar-refractivity contribution in [3.05, 3.63) is 24.5 Å². The van der Waals surface area contributed by atoms with Crippen LogP contribution in [0.1, 0.15) is 38.4 Å². The van der Waals surface area contributed by atoms with Crippen LogP contribution in [-0.4, -0.2) is 44.8 Å². The van der Waals surface area contributed by atoms with Crippen molar-refractivity contribution in [2.24, 2.45) is 5.92 Å². The van der Waals surface area contributed by atoms with E-state index in [-0.39, 0.29) is 23.8 Å². The minimum Gasteiger partial charge on any atom is -0.350 e. The number of amides is 2. The maximum atomic E-state index is 12.2. The Morgan fingerprint density at radius 3 is 2.68 bits per heavy atom. The van der Waals surface area contributed by atoms with Gasteiger partial charge in [0.1, 0.15) is 5.69 Å². The fourth-order valence-electron chi connectivity index (χ4n) is 2.46. The van der Waals surface area contributed by atoms with Gasteiger partial charge in [-0.05, 0) is 32.8 Å². The van der Waals surface area contributed by atoms with Gasteiger partial charge in [0, 0.05) is 25.0 Å². The molecule has 0 aliphatic carbocycles. The number of carbonyl (C=O) groups excluding carboxylic acids is 2. The predicted octanol–water partition coefficient (Wildman–Crippen LogP) is 0.900. The van der Waals surface area contributed by atoms with Gasteiger partial charge in [0.05, 0.1) is 12.7 Å². The Labute approximate surface area is 130 Å². The number of aromatic nitrogens is 3. The zero-order valence-electron chi connectivity index (χ0n) is 13.2. The molecule has 0 aromatic carbocycles. The summed E-state index contributed by atoms with van der Waals surface area (Å²) in [4.78, 5) is 25.4. The number of piperidine rings is 1. The van der Waals surface area contributed by atoms with Gasteiger partial charge in [0.2, 0.25) is 11.8 Å². The van der Waals surface area contributed by atoms with Gasteiger partial charge in [0.15, 0.2) is 0 Å². The van der Waals surface area contributed by atoms with E-state index in [1.807, 2.05) is 20.0 Å². The molecular weight excluding hydrogens is 282 g/mol. The Morgan fingerprint density at radius 2 is 2.14 bits per heavy atom. The number of nitrogens with one attached hydrogen (secondary N) is 1. The smallest absolute Gasteiger partial charge is 0.245 e. The van der Waals surface area contributed by atoms with Crippen molar-refractivity contribution in [2.45, 2.75) is 39.3 Å². The molecular formula is C15H23N5O2. The third-order valence-electron chi connectivity index (χ3n) is 3.88. The maximum Gasteiger partial charge on any atom is 0.245 e. The summed E-state index contributed by atoms with van der Waals surface area (Å²) in [7, 11) is 0. The van der Waals surface area contributed by atoms with Gasteiger partial charge in [-0.25, -0.2) is 4.68 Å². The Balaban J connectivity index is 1.78. The van der Waals surface area contributed by atoms with E-state index in [9.17, 15) is 9.59 Å². The highest BCUT2D eigenvalue weighted by Crippen LogP contribution is 2.17. The molecule has 1 fully saturated rings. The lowest BCUT2D eigenvalue weighted by atomic mass is 9.96. The number of hydrogen-bond acceptors (Lipinski definition) is 4. The van der Waals surface area contributed by atoms with Crippen LogP contribution >= 0.6 is 0 Å². The molecule has 0 spiro atoms. The van der Waals surface area contributed by atoms with E-state index >= 15 is 0 Å². The molecule has 2 heterocycles. The second kappa shape index (κ2) is 7.20. The van der Waals surface area contributed by atoms with Crippen LogP contribution in [0.3, 0.4) is 0 Å². The second-order valence-corrected chi connectivity index (χ2v) is 5.81. The summed E-state index contributed by atoms with van der Waals surface area (Å²) in [6.45, 7) is 9.12. The molecule has 7 heteroatoms. The highest BCUT2D eigenvalue weighted by Gasteiger charge is 2.26. The van der Waals surface area contributed by atoms with Crippen LogP contribution in [0.25, 0.3) is 0 Å². The monoisotopic (exact) mass is 305 g/mol. The van der Waals surface area contributed by atoms with E-state index in [1.165, 1.54) is 6.08 Å². The molecule has 2 rings (SSSR count). The SMILES string of the molecule is C=CC(=O)N1CCC(C(=O)NCc2cn(C(C)C)nn2)CC1. The van der Waals surface area contributed by atoms with Crippen molar-refractivity contribution in [1.29, 1.82) is 0 Å². The van der Waals surface area contributed by atoms with Crippen LogP contribution in [0.15, 0.2) is 18.9 Å². The van der Waals surface area contributed by atoms with E-state index in [4.69, 9.17) is 0 Å². The van der Waals surface area contributed by atoms with Crippen molar-refractivity contribution in [1.82, 2.24) is 25.2 Å². The Bertz CT molecular complexity index is 544. The van der Waals surface area contributed by atoms with E-state index in [1.54, 1.807) is 9.58 Å². The number of rotatable bonds is 5. The average Bonchev–Trinajstić information content (AvgIpc) is 3.01. The summed E-state index contributed by atoms with van der Waals surface area (Å²) < 4.78 is 1.76. The molecule has 1 N–H and O–H groups in total. The summed E-state index contributed by atoms with van der Waals surface area (Å²) in [6.07, 6.45) is 4.53. The first-order valence-corrected chi connectivity index (χ1v) is 7.61. The van der Waals surface area contributed by atoms with Gasteiger partial charge < -0.3 is 10.2 Å². The molecule has 1 aliphatic heterocycles. The Hall–Kier alpha value is -2.18. The van der Waals surface area contributed by atoms with Crippen LogP contribution in [0.2, 0.25) is 0 Å². The molecule has 0 unspecified atom stereocenters. The lowest BCUT2D eigenvalue weighted by Gasteiger charge is -2.30. The van der Waals surface area contributed by atoms with Crippen molar-refractivity contribution in [2.75, 3.05) is 13.1 Å². The molecule has 22 heavy (non-hydrogen) atoms. The summed E-state index contributed by atoms with van der Waals surface area (Å²) >= 11 is 0. The van der Waals surface area contributed by atoms with Crippen molar-refractivity contribution in [3.63, 3.8) is 0 Å². The molecule has 1 aromatic rings. The summed E-state index contributed by atoms with van der Waals surface area (Å²) in [5.74, 6) is -0.0945. The molecule has 120 valence electrons. The van der Waals surface area contributed by atoms with E-state index in [2.05, 4.69) is 22.2 Å². The highest BCUT2D eigenvalue weighted by molar-refractivity contribution is 5.87. The molecule has 7 nitrogen and oxygen atoms in total. The lowest BCUT2D eigenvalue weighted by Crippen LogP contribution is -2.42. The standard InChI is InChI=1S/C15H23N5O2/c1-4-14(21)19-7-5-12(6-8-19)15(22)16-9-13-10-20(11(2)3)18-17-13/h4,10-12H,1,5-9H2,2-3H3,(H,16,22). The Kier molecular flexibility index (Phi) is 5.30. The van der Waals surface area contributed by atoms with Gasteiger partial charge in [0.25, 0.3) is 0 Å². The Morgan fingerprint density at radius 1 is 1.45 bits per heavy atom.